The third-order valence-electron chi connectivity index (χ3n) is 4.39. The van der Waals surface area contributed by atoms with Gasteiger partial charge in [-0.25, -0.2) is 0 Å². The predicted octanol–water partition coefficient (Wildman–Crippen LogP) is 1.54. The van der Waals surface area contributed by atoms with Crippen molar-refractivity contribution in [1.29, 1.82) is 10.5 Å². The Bertz CT molecular complexity index is 603. The van der Waals surface area contributed by atoms with Crippen LogP contribution in [0.2, 0.25) is 0 Å². The molecule has 10 nitrogen and oxygen atoms in total. The molecule has 28 heavy (non-hydrogen) atoms. The molecule has 6 N–H and O–H groups in total. The third kappa shape index (κ3) is 14.1. The molecule has 0 heterocycles. The first-order valence-corrected chi connectivity index (χ1v) is 8.41. The number of carboxylic acids is 2. The molecule has 0 aliphatic carbocycles. The summed E-state index contributed by atoms with van der Waals surface area (Å²) in [5.41, 5.74) is 6.54. The molecular formula is C18H30N4O6. The molecule has 0 bridgehead atoms. The third-order valence-corrected chi connectivity index (χ3v) is 4.39. The Kier molecular flexibility index (Phi) is 15.8. The quantitative estimate of drug-likeness (QED) is 0.291. The lowest BCUT2D eigenvalue weighted by atomic mass is 9.65. The molecule has 10 heteroatoms. The van der Waals surface area contributed by atoms with E-state index in [1.54, 1.807) is 27.7 Å². The van der Waals surface area contributed by atoms with Crippen LogP contribution in [0.4, 0.5) is 0 Å². The van der Waals surface area contributed by atoms with Crippen molar-refractivity contribution in [2.45, 2.75) is 66.2 Å². The van der Waals surface area contributed by atoms with Crippen molar-refractivity contribution in [3.8, 4) is 12.4 Å². The number of aliphatic carboxylic acids is 2. The van der Waals surface area contributed by atoms with Crippen LogP contribution in [-0.4, -0.2) is 33.7 Å². The van der Waals surface area contributed by atoms with Crippen molar-refractivity contribution in [3.05, 3.63) is 0 Å². The lowest BCUT2D eigenvalue weighted by molar-refractivity contribution is -0.155. The van der Waals surface area contributed by atoms with Crippen molar-refractivity contribution in [1.82, 2.24) is 0 Å². The van der Waals surface area contributed by atoms with E-state index in [0.29, 0.717) is 0 Å². The van der Waals surface area contributed by atoms with Crippen molar-refractivity contribution in [3.63, 3.8) is 0 Å². The number of Topliss-reactive ketones (excluding diaryl/α,β-unsaturated/α-hetero) is 2. The SMILES string of the molecule is CC(C)(CC(=O)CCC(=O)CCCC(=O)O)C(C)(C)C(=O)O.N#CN.N#CN. The Morgan fingerprint density at radius 1 is 0.821 bits per heavy atom. The maximum atomic E-state index is 12.0. The van der Waals surface area contributed by atoms with Gasteiger partial charge in [0.25, 0.3) is 0 Å². The van der Waals surface area contributed by atoms with Gasteiger partial charge in [-0.3, -0.25) is 19.2 Å². The van der Waals surface area contributed by atoms with Gasteiger partial charge in [0.1, 0.15) is 11.6 Å². The van der Waals surface area contributed by atoms with Crippen molar-refractivity contribution >= 4 is 23.5 Å². The molecule has 0 rings (SSSR count). The second kappa shape index (κ2) is 15.0. The fourth-order valence-electron chi connectivity index (χ4n) is 1.93. The van der Waals surface area contributed by atoms with Crippen molar-refractivity contribution < 1.29 is 29.4 Å². The van der Waals surface area contributed by atoms with Gasteiger partial charge >= 0.3 is 11.9 Å². The lowest BCUT2D eigenvalue weighted by Gasteiger charge is -2.37. The van der Waals surface area contributed by atoms with Crippen LogP contribution in [0.25, 0.3) is 0 Å². The van der Waals surface area contributed by atoms with E-state index in [2.05, 4.69) is 11.5 Å². The predicted molar refractivity (Wildman–Crippen MR) is 100 cm³/mol. The number of nitrogens with two attached hydrogens (primary N) is 2. The number of nitriles is 2. The van der Waals surface area contributed by atoms with E-state index in [-0.39, 0.29) is 50.1 Å². The maximum Gasteiger partial charge on any atom is 0.309 e. The average molecular weight is 398 g/mol. The molecule has 0 aromatic carbocycles. The molecule has 0 saturated heterocycles. The summed E-state index contributed by atoms with van der Waals surface area (Å²) in [7, 11) is 0. The molecule has 0 aromatic heterocycles. The van der Waals surface area contributed by atoms with Gasteiger partial charge in [0.05, 0.1) is 5.41 Å². The number of rotatable bonds is 11. The first-order valence-electron chi connectivity index (χ1n) is 8.41. The molecule has 0 aliphatic rings. The normalized spacial score (nSPS) is 9.93. The second-order valence-electron chi connectivity index (χ2n) is 7.07. The minimum Gasteiger partial charge on any atom is -0.481 e. The Labute approximate surface area is 165 Å². The van der Waals surface area contributed by atoms with Crippen LogP contribution in [0.1, 0.15) is 66.2 Å². The smallest absolute Gasteiger partial charge is 0.309 e. The summed E-state index contributed by atoms with van der Waals surface area (Å²) < 4.78 is 0. The van der Waals surface area contributed by atoms with Crippen LogP contribution in [0.5, 0.6) is 0 Å². The number of carbonyl (C=O) groups excluding carboxylic acids is 2. The number of hydrogen-bond acceptors (Lipinski definition) is 8. The number of carboxylic acid groups (broad SMARTS) is 2. The topological polar surface area (TPSA) is 208 Å². The summed E-state index contributed by atoms with van der Waals surface area (Å²) in [4.78, 5) is 45.2. The summed E-state index contributed by atoms with van der Waals surface area (Å²) in [6, 6.07) is 0. The van der Waals surface area contributed by atoms with Gasteiger partial charge in [-0.05, 0) is 25.7 Å². The summed E-state index contributed by atoms with van der Waals surface area (Å²) in [6.45, 7) is 6.63. The Morgan fingerprint density at radius 2 is 1.21 bits per heavy atom. The molecule has 0 spiro atoms. The summed E-state index contributed by atoms with van der Waals surface area (Å²) in [5.74, 6) is -2.19. The highest BCUT2D eigenvalue weighted by atomic mass is 16.4. The van der Waals surface area contributed by atoms with Gasteiger partial charge in [0, 0.05) is 32.1 Å². The second-order valence-corrected chi connectivity index (χ2v) is 7.07. The highest BCUT2D eigenvalue weighted by molar-refractivity contribution is 5.87. The molecular weight excluding hydrogens is 368 g/mol. The molecule has 0 amide bonds. The lowest BCUT2D eigenvalue weighted by Crippen LogP contribution is -2.41. The van der Waals surface area contributed by atoms with Gasteiger partial charge in [0.15, 0.2) is 12.4 Å². The Hall–Kier alpha value is -3.14. The highest BCUT2D eigenvalue weighted by Crippen LogP contribution is 2.42. The van der Waals surface area contributed by atoms with Gasteiger partial charge in [-0.15, -0.1) is 0 Å². The minimum atomic E-state index is -1.05. The van der Waals surface area contributed by atoms with Crippen molar-refractivity contribution in [2.75, 3.05) is 0 Å². The fraction of sp³-hybridized carbons (Fsp3) is 0.667. The zero-order chi connectivity index (χ0) is 23.0. The van der Waals surface area contributed by atoms with Gasteiger partial charge in [0.2, 0.25) is 0 Å². The van der Waals surface area contributed by atoms with Gasteiger partial charge < -0.3 is 21.7 Å². The monoisotopic (exact) mass is 398 g/mol. The van der Waals surface area contributed by atoms with Crippen LogP contribution < -0.4 is 11.5 Å². The van der Waals surface area contributed by atoms with Crippen LogP contribution >= 0.6 is 0 Å². The molecule has 0 aromatic rings. The van der Waals surface area contributed by atoms with E-state index >= 15 is 0 Å². The van der Waals surface area contributed by atoms with E-state index in [1.807, 2.05) is 0 Å². The van der Waals surface area contributed by atoms with Gasteiger partial charge in [-0.1, -0.05) is 13.8 Å². The van der Waals surface area contributed by atoms with Gasteiger partial charge in [-0.2, -0.15) is 10.5 Å². The highest BCUT2D eigenvalue weighted by Gasteiger charge is 2.44. The fourth-order valence-corrected chi connectivity index (χ4v) is 1.93. The van der Waals surface area contributed by atoms with E-state index in [9.17, 15) is 24.3 Å². The first-order chi connectivity index (χ1) is 12.7. The van der Waals surface area contributed by atoms with Crippen LogP contribution in [0.15, 0.2) is 0 Å². The van der Waals surface area contributed by atoms with E-state index in [0.717, 1.165) is 0 Å². The van der Waals surface area contributed by atoms with E-state index < -0.39 is 22.8 Å². The molecule has 0 radical (unpaired) electrons. The molecule has 158 valence electrons. The Balaban J connectivity index is -0.000000915. The summed E-state index contributed by atoms with van der Waals surface area (Å²) in [5, 5.41) is 31.9. The van der Waals surface area contributed by atoms with E-state index in [4.69, 9.17) is 15.6 Å². The summed E-state index contributed by atoms with van der Waals surface area (Å²) in [6.07, 6.45) is 3.13. The van der Waals surface area contributed by atoms with E-state index in [1.165, 1.54) is 12.4 Å². The molecule has 0 atom stereocenters. The molecule has 0 saturated carbocycles. The zero-order valence-corrected chi connectivity index (χ0v) is 16.8. The van der Waals surface area contributed by atoms with Crippen LogP contribution in [0.3, 0.4) is 0 Å². The largest absolute Gasteiger partial charge is 0.481 e. The number of hydrogen-bond donors (Lipinski definition) is 4. The summed E-state index contributed by atoms with van der Waals surface area (Å²) >= 11 is 0. The Morgan fingerprint density at radius 3 is 1.57 bits per heavy atom. The zero-order valence-electron chi connectivity index (χ0n) is 16.8. The standard InChI is InChI=1S/C16H26O6.2CH2N2/c1-15(2,16(3,4)14(21)22)10-12(18)9-8-11(17)6-5-7-13(19)20;2*2-1-3/h5-10H2,1-4H3,(H,19,20)(H,21,22);2*2H2. The number of ketones is 2. The van der Waals surface area contributed by atoms with Crippen LogP contribution in [0, 0.1) is 33.7 Å². The number of carbonyl (C=O) groups is 4. The average Bonchev–Trinajstić information content (AvgIpc) is 2.53. The maximum absolute atomic E-state index is 12.0. The molecule has 0 fully saturated rings. The first kappa shape index (κ1) is 29.6. The minimum absolute atomic E-state index is 0.0560. The van der Waals surface area contributed by atoms with Crippen molar-refractivity contribution in [2.24, 2.45) is 22.3 Å². The van der Waals surface area contributed by atoms with Crippen LogP contribution in [-0.2, 0) is 19.2 Å². The molecule has 0 aliphatic heterocycles. The molecule has 0 unspecified atom stereocenters. The number of nitrogens with zero attached hydrogens (tertiary/aromatic N) is 2.